The molecule has 35 heavy (non-hydrogen) atoms. The molecule has 2 fully saturated rings. The van der Waals surface area contributed by atoms with E-state index in [1.165, 1.54) is 5.56 Å². The second kappa shape index (κ2) is 10.4. The normalized spacial score (nSPS) is 21.2. The van der Waals surface area contributed by atoms with E-state index < -0.39 is 0 Å². The highest BCUT2D eigenvalue weighted by Gasteiger charge is 2.27. The third-order valence-corrected chi connectivity index (χ3v) is 6.73. The average Bonchev–Trinajstić information content (AvgIpc) is 2.87. The molecule has 2 atom stereocenters. The number of anilines is 2. The van der Waals surface area contributed by atoms with Gasteiger partial charge in [0, 0.05) is 31.2 Å². The summed E-state index contributed by atoms with van der Waals surface area (Å²) in [5.41, 5.74) is 3.98. The van der Waals surface area contributed by atoms with E-state index in [9.17, 15) is 0 Å². The van der Waals surface area contributed by atoms with Crippen LogP contribution in [0.4, 0.5) is 11.8 Å². The van der Waals surface area contributed by atoms with Gasteiger partial charge in [-0.1, -0.05) is 32.0 Å². The fraction of sp³-hybridized carbons (Fsp3) is 0.519. The molecular weight excluding hydrogens is 440 g/mol. The van der Waals surface area contributed by atoms with Gasteiger partial charge in [0.1, 0.15) is 5.82 Å². The zero-order chi connectivity index (χ0) is 24.4. The van der Waals surface area contributed by atoms with Crippen molar-refractivity contribution >= 4 is 22.8 Å². The molecule has 0 aliphatic carbocycles. The van der Waals surface area contributed by atoms with Crippen molar-refractivity contribution < 1.29 is 9.47 Å². The summed E-state index contributed by atoms with van der Waals surface area (Å²) in [6, 6.07) is 13.7. The molecular formula is C27H36N6O2. The molecule has 8 heteroatoms. The molecule has 4 heterocycles. The number of nitrogens with zero attached hydrogens (tertiary/aromatic N) is 5. The molecule has 8 nitrogen and oxygen atoms in total. The zero-order valence-electron chi connectivity index (χ0n) is 21.2. The maximum Gasteiger partial charge on any atom is 0.229 e. The van der Waals surface area contributed by atoms with Crippen LogP contribution in [-0.2, 0) is 16.0 Å². The van der Waals surface area contributed by atoms with Crippen molar-refractivity contribution in [1.82, 2.24) is 20.3 Å². The monoisotopic (exact) mass is 476 g/mol. The third-order valence-electron chi connectivity index (χ3n) is 6.73. The lowest BCUT2D eigenvalue weighted by Gasteiger charge is -2.37. The van der Waals surface area contributed by atoms with Crippen molar-refractivity contribution in [2.24, 2.45) is 0 Å². The van der Waals surface area contributed by atoms with Crippen LogP contribution in [0.25, 0.3) is 22.3 Å². The molecule has 2 saturated heterocycles. The summed E-state index contributed by atoms with van der Waals surface area (Å²) < 4.78 is 11.4. The van der Waals surface area contributed by atoms with Crippen LogP contribution in [0.1, 0.15) is 33.3 Å². The topological polar surface area (TPSA) is 75.6 Å². The fourth-order valence-corrected chi connectivity index (χ4v) is 4.72. The molecule has 0 saturated carbocycles. The first kappa shape index (κ1) is 23.9. The lowest BCUT2D eigenvalue weighted by molar-refractivity contribution is 0.0973. The molecule has 5 rings (SSSR count). The van der Waals surface area contributed by atoms with E-state index in [1.54, 1.807) is 0 Å². The van der Waals surface area contributed by atoms with E-state index in [4.69, 9.17) is 24.4 Å². The predicted octanol–water partition coefficient (Wildman–Crippen LogP) is 3.64. The Morgan fingerprint density at radius 1 is 0.943 bits per heavy atom. The second-order valence-electron chi connectivity index (χ2n) is 9.89. The Kier molecular flexibility index (Phi) is 7.13. The minimum Gasteiger partial charge on any atom is -0.377 e. The van der Waals surface area contributed by atoms with Crippen molar-refractivity contribution in [1.29, 1.82) is 0 Å². The Morgan fingerprint density at radius 2 is 1.69 bits per heavy atom. The van der Waals surface area contributed by atoms with Crippen LogP contribution >= 0.6 is 0 Å². The molecule has 0 radical (unpaired) electrons. The molecule has 2 aliphatic rings. The van der Waals surface area contributed by atoms with Crippen molar-refractivity contribution in [3.05, 3.63) is 42.0 Å². The number of hydrogen-bond donors (Lipinski definition) is 1. The second-order valence-corrected chi connectivity index (χ2v) is 9.89. The SMILES string of the molecule is CC(C)NCc1cccc(-c2ccc3c(N4CCOC[C@@H]4C)nc(N4CCOC[C@@H]4C)nc3n2)c1. The summed E-state index contributed by atoms with van der Waals surface area (Å²) in [6.07, 6.45) is 0. The Balaban J connectivity index is 1.57. The number of fused-ring (bicyclic) bond motifs is 1. The van der Waals surface area contributed by atoms with Gasteiger partial charge in [-0.05, 0) is 37.6 Å². The van der Waals surface area contributed by atoms with Gasteiger partial charge in [0.15, 0.2) is 5.65 Å². The molecule has 186 valence electrons. The Labute approximate surface area is 207 Å². The smallest absolute Gasteiger partial charge is 0.229 e. The number of morpholine rings is 2. The summed E-state index contributed by atoms with van der Waals surface area (Å²) in [5.74, 6) is 1.66. The molecule has 3 aromatic rings. The summed E-state index contributed by atoms with van der Waals surface area (Å²) in [5, 5.41) is 4.47. The van der Waals surface area contributed by atoms with Crippen LogP contribution in [0.2, 0.25) is 0 Å². The molecule has 2 aliphatic heterocycles. The lowest BCUT2D eigenvalue weighted by Crippen LogP contribution is -2.46. The van der Waals surface area contributed by atoms with Crippen LogP contribution in [0.15, 0.2) is 36.4 Å². The minimum absolute atomic E-state index is 0.212. The first-order valence-corrected chi connectivity index (χ1v) is 12.7. The van der Waals surface area contributed by atoms with Crippen molar-refractivity contribution in [2.75, 3.05) is 49.3 Å². The summed E-state index contributed by atoms with van der Waals surface area (Å²) in [7, 11) is 0. The molecule has 2 aromatic heterocycles. The maximum atomic E-state index is 5.70. The number of benzene rings is 1. The number of ether oxygens (including phenoxy) is 2. The molecule has 0 unspecified atom stereocenters. The molecule has 0 spiro atoms. The van der Waals surface area contributed by atoms with Gasteiger partial charge in [-0.25, -0.2) is 4.98 Å². The van der Waals surface area contributed by atoms with Crippen LogP contribution in [0.5, 0.6) is 0 Å². The van der Waals surface area contributed by atoms with Gasteiger partial charge in [0.05, 0.1) is 49.6 Å². The van der Waals surface area contributed by atoms with E-state index in [2.05, 4.69) is 79.2 Å². The molecule has 1 N–H and O–H groups in total. The maximum absolute atomic E-state index is 5.70. The molecule has 1 aromatic carbocycles. The van der Waals surface area contributed by atoms with Crippen LogP contribution in [0.3, 0.4) is 0 Å². The average molecular weight is 477 g/mol. The predicted molar refractivity (Wildman–Crippen MR) is 140 cm³/mol. The van der Waals surface area contributed by atoms with Gasteiger partial charge in [-0.3, -0.25) is 0 Å². The Morgan fingerprint density at radius 3 is 2.40 bits per heavy atom. The van der Waals surface area contributed by atoms with Crippen LogP contribution in [0, 0.1) is 0 Å². The lowest BCUT2D eigenvalue weighted by atomic mass is 10.1. The zero-order valence-corrected chi connectivity index (χ0v) is 21.2. The molecule has 0 bridgehead atoms. The number of rotatable bonds is 6. The van der Waals surface area contributed by atoms with E-state index in [0.29, 0.717) is 32.5 Å². The van der Waals surface area contributed by atoms with Gasteiger partial charge < -0.3 is 24.6 Å². The number of nitrogens with one attached hydrogen (secondary N) is 1. The van der Waals surface area contributed by atoms with Crippen molar-refractivity contribution in [3.8, 4) is 11.3 Å². The third kappa shape index (κ3) is 5.24. The Hall–Kier alpha value is -2.81. The van der Waals surface area contributed by atoms with Crippen LogP contribution < -0.4 is 15.1 Å². The number of hydrogen-bond acceptors (Lipinski definition) is 8. The fourth-order valence-electron chi connectivity index (χ4n) is 4.72. The number of aromatic nitrogens is 3. The van der Waals surface area contributed by atoms with E-state index in [1.807, 2.05) is 0 Å². The van der Waals surface area contributed by atoms with Crippen molar-refractivity contribution in [2.45, 2.75) is 52.4 Å². The van der Waals surface area contributed by atoms with Crippen LogP contribution in [-0.4, -0.2) is 72.6 Å². The van der Waals surface area contributed by atoms with Gasteiger partial charge in [-0.2, -0.15) is 9.97 Å². The highest BCUT2D eigenvalue weighted by atomic mass is 16.5. The quantitative estimate of drug-likeness (QED) is 0.578. The standard InChI is InChI=1S/C27H36N6O2/c1-18(2)28-15-21-6-5-7-22(14-21)24-9-8-23-25(29-24)30-27(33-11-13-35-17-20(33)4)31-26(23)32-10-12-34-16-19(32)3/h5-9,14,18-20,28H,10-13,15-17H2,1-4H3/t19-,20-/m0/s1. The van der Waals surface area contributed by atoms with Gasteiger partial charge in [0.25, 0.3) is 0 Å². The number of pyridine rings is 1. The van der Waals surface area contributed by atoms with E-state index in [0.717, 1.165) is 53.7 Å². The minimum atomic E-state index is 0.212. The highest BCUT2D eigenvalue weighted by Crippen LogP contribution is 2.31. The van der Waals surface area contributed by atoms with Gasteiger partial charge in [-0.15, -0.1) is 0 Å². The first-order valence-electron chi connectivity index (χ1n) is 12.7. The summed E-state index contributed by atoms with van der Waals surface area (Å²) in [6.45, 7) is 13.8. The van der Waals surface area contributed by atoms with E-state index in [-0.39, 0.29) is 12.1 Å². The van der Waals surface area contributed by atoms with E-state index >= 15 is 0 Å². The first-order chi connectivity index (χ1) is 17.0. The van der Waals surface area contributed by atoms with Gasteiger partial charge >= 0.3 is 0 Å². The van der Waals surface area contributed by atoms with Crippen molar-refractivity contribution in [3.63, 3.8) is 0 Å². The largest absolute Gasteiger partial charge is 0.377 e. The van der Waals surface area contributed by atoms with Gasteiger partial charge in [0.2, 0.25) is 5.95 Å². The molecule has 0 amide bonds. The summed E-state index contributed by atoms with van der Waals surface area (Å²) in [4.78, 5) is 19.7. The Bertz CT molecular complexity index is 1170. The summed E-state index contributed by atoms with van der Waals surface area (Å²) >= 11 is 0. The highest BCUT2D eigenvalue weighted by molar-refractivity contribution is 5.90.